The molecule has 1 heterocycles. The quantitative estimate of drug-likeness (QED) is 0.399. The summed E-state index contributed by atoms with van der Waals surface area (Å²) in [5.41, 5.74) is 0.891. The Morgan fingerprint density at radius 3 is 2.32 bits per heavy atom. The van der Waals surface area contributed by atoms with Crippen LogP contribution in [0.2, 0.25) is 0 Å². The van der Waals surface area contributed by atoms with Gasteiger partial charge in [-0.05, 0) is 50.2 Å². The highest BCUT2D eigenvalue weighted by molar-refractivity contribution is 6.17. The van der Waals surface area contributed by atoms with Gasteiger partial charge in [0, 0.05) is 6.07 Å². The summed E-state index contributed by atoms with van der Waals surface area (Å²) in [5, 5.41) is 0. The molecular weight excluding hydrogens is 407 g/mol. The van der Waals surface area contributed by atoms with Gasteiger partial charge in [0.05, 0.1) is 24.3 Å². The predicted octanol–water partition coefficient (Wildman–Crippen LogP) is 3.28. The molecule has 0 saturated carbocycles. The van der Waals surface area contributed by atoms with Gasteiger partial charge in [-0.1, -0.05) is 0 Å². The van der Waals surface area contributed by atoms with Crippen molar-refractivity contribution in [3.05, 3.63) is 54.5 Å². The highest BCUT2D eigenvalue weighted by atomic mass is 19.1. The molecule has 0 N–H and O–H groups in total. The van der Waals surface area contributed by atoms with Gasteiger partial charge in [0.2, 0.25) is 5.88 Å². The first-order valence-electron chi connectivity index (χ1n) is 9.27. The van der Waals surface area contributed by atoms with E-state index in [0.717, 1.165) is 14.0 Å². The van der Waals surface area contributed by atoms with Gasteiger partial charge >= 0.3 is 5.97 Å². The third-order valence-electron chi connectivity index (χ3n) is 4.37. The Balaban J connectivity index is 1.67. The molecule has 0 aliphatic heterocycles. The fraction of sp³-hybridized carbons (Fsp3) is 0.227. The predicted molar refractivity (Wildman–Crippen MR) is 107 cm³/mol. The molecule has 3 rings (SSSR count). The summed E-state index contributed by atoms with van der Waals surface area (Å²) < 4.78 is 28.9. The first-order valence-corrected chi connectivity index (χ1v) is 9.27. The lowest BCUT2D eigenvalue weighted by atomic mass is 9.96. The molecule has 2 atom stereocenters. The van der Waals surface area contributed by atoms with Crippen molar-refractivity contribution in [1.29, 1.82) is 0 Å². The molecule has 2 aromatic carbocycles. The topological polar surface area (TPSA) is 105 Å². The molecule has 3 aromatic rings. The molecular formula is C22H19FN2O6. The molecule has 2 unspecified atom stereocenters. The second-order valence-electron chi connectivity index (χ2n) is 6.64. The normalized spacial score (nSPS) is 12.6. The number of methoxy groups -OCH3 is 1. The second kappa shape index (κ2) is 9.29. The van der Waals surface area contributed by atoms with E-state index in [1.54, 1.807) is 24.3 Å². The zero-order valence-corrected chi connectivity index (χ0v) is 17.0. The number of nitrogens with zero attached hydrogens (tertiary/aromatic N) is 2. The van der Waals surface area contributed by atoms with Crippen LogP contribution in [-0.2, 0) is 19.1 Å². The Kier molecular flexibility index (Phi) is 6.54. The number of aromatic nitrogens is 2. The zero-order valence-electron chi connectivity index (χ0n) is 17.0. The lowest BCUT2D eigenvalue weighted by Crippen LogP contribution is -2.39. The van der Waals surface area contributed by atoms with Crippen LogP contribution in [0.5, 0.6) is 17.4 Å². The Morgan fingerprint density at radius 1 is 1.00 bits per heavy atom. The van der Waals surface area contributed by atoms with Gasteiger partial charge in [0.25, 0.3) is 0 Å². The average molecular weight is 426 g/mol. The molecule has 0 amide bonds. The van der Waals surface area contributed by atoms with E-state index >= 15 is 0 Å². The van der Waals surface area contributed by atoms with Crippen LogP contribution in [0.15, 0.2) is 48.7 Å². The molecule has 160 valence electrons. The number of ketones is 2. The van der Waals surface area contributed by atoms with Gasteiger partial charge in [-0.25, -0.2) is 14.4 Å². The number of ether oxygens (including phenoxy) is 3. The molecule has 9 heteroatoms. The number of hydrogen-bond acceptors (Lipinski definition) is 8. The number of benzene rings is 2. The number of Topliss-reactive ketones (excluding diaryl/α,β-unsaturated/α-hetero) is 2. The zero-order chi connectivity index (χ0) is 22.5. The van der Waals surface area contributed by atoms with Crippen LogP contribution in [0.25, 0.3) is 11.0 Å². The van der Waals surface area contributed by atoms with E-state index in [-0.39, 0.29) is 5.88 Å². The highest BCUT2D eigenvalue weighted by Crippen LogP contribution is 2.24. The van der Waals surface area contributed by atoms with E-state index in [1.807, 2.05) is 0 Å². The number of fused-ring (bicyclic) bond motifs is 1. The summed E-state index contributed by atoms with van der Waals surface area (Å²) in [6.45, 7) is 2.59. The van der Waals surface area contributed by atoms with E-state index < -0.39 is 35.4 Å². The maximum absolute atomic E-state index is 13.2. The van der Waals surface area contributed by atoms with Crippen molar-refractivity contribution in [2.75, 3.05) is 7.11 Å². The van der Waals surface area contributed by atoms with Crippen LogP contribution in [0.3, 0.4) is 0 Å². The second-order valence-corrected chi connectivity index (χ2v) is 6.64. The maximum atomic E-state index is 13.2. The van der Waals surface area contributed by atoms with Crippen LogP contribution in [-0.4, -0.2) is 40.7 Å². The Labute approximate surface area is 177 Å². The van der Waals surface area contributed by atoms with E-state index in [4.69, 9.17) is 9.47 Å². The van der Waals surface area contributed by atoms with E-state index in [2.05, 4.69) is 14.7 Å². The number of hydrogen-bond donors (Lipinski definition) is 0. The molecule has 0 aliphatic rings. The molecule has 1 aromatic heterocycles. The molecule has 8 nitrogen and oxygen atoms in total. The Hall–Kier alpha value is -3.88. The van der Waals surface area contributed by atoms with Crippen molar-refractivity contribution < 1.29 is 33.0 Å². The van der Waals surface area contributed by atoms with Crippen LogP contribution in [0, 0.1) is 11.7 Å². The fourth-order valence-corrected chi connectivity index (χ4v) is 2.82. The third-order valence-corrected chi connectivity index (χ3v) is 4.37. The molecule has 0 radical (unpaired) electrons. The molecule has 31 heavy (non-hydrogen) atoms. The van der Waals surface area contributed by atoms with Crippen molar-refractivity contribution in [3.63, 3.8) is 0 Å². The van der Waals surface area contributed by atoms with Gasteiger partial charge in [0.15, 0.2) is 23.6 Å². The molecule has 0 fully saturated rings. The summed E-state index contributed by atoms with van der Waals surface area (Å²) in [7, 11) is 1.11. The van der Waals surface area contributed by atoms with Gasteiger partial charge < -0.3 is 14.2 Å². The van der Waals surface area contributed by atoms with Crippen LogP contribution >= 0.6 is 0 Å². The smallest absolute Gasteiger partial charge is 0.323 e. The average Bonchev–Trinajstić information content (AvgIpc) is 2.74. The number of rotatable bonds is 8. The van der Waals surface area contributed by atoms with Crippen molar-refractivity contribution in [2.45, 2.75) is 20.0 Å². The number of carbonyl (C=O) groups excluding carboxylic acids is 3. The Bertz CT molecular complexity index is 1130. The minimum atomic E-state index is -1.53. The number of esters is 1. The number of halogens is 1. The number of carbonyl (C=O) groups is 3. The van der Waals surface area contributed by atoms with Gasteiger partial charge in [-0.15, -0.1) is 0 Å². The van der Waals surface area contributed by atoms with Crippen LogP contribution < -0.4 is 9.47 Å². The van der Waals surface area contributed by atoms with E-state index in [0.29, 0.717) is 22.5 Å². The van der Waals surface area contributed by atoms with Crippen LogP contribution in [0.1, 0.15) is 13.8 Å². The summed E-state index contributed by atoms with van der Waals surface area (Å²) in [4.78, 5) is 44.1. The maximum Gasteiger partial charge on any atom is 0.323 e. The van der Waals surface area contributed by atoms with E-state index in [1.165, 1.54) is 31.3 Å². The largest absolute Gasteiger partial charge is 0.483 e. The lowest BCUT2D eigenvalue weighted by molar-refractivity contribution is -0.154. The van der Waals surface area contributed by atoms with Crippen LogP contribution in [0.4, 0.5) is 4.39 Å². The van der Waals surface area contributed by atoms with Gasteiger partial charge in [-0.2, -0.15) is 0 Å². The molecule has 0 saturated heterocycles. The fourth-order valence-electron chi connectivity index (χ4n) is 2.82. The van der Waals surface area contributed by atoms with Crippen molar-refractivity contribution >= 4 is 28.6 Å². The molecule has 0 spiro atoms. The van der Waals surface area contributed by atoms with Crippen molar-refractivity contribution in [1.82, 2.24) is 9.97 Å². The standard InChI is InChI=1S/C22H19FN2O6/c1-12(26)20(22(28)29-3)21(27)13(2)30-15-5-7-16(8-6-15)31-19-11-24-18-10-14(23)4-9-17(18)25-19/h4-11,13,20H,1-3H3. The summed E-state index contributed by atoms with van der Waals surface area (Å²) in [5.74, 6) is -3.17. The molecule has 0 bridgehead atoms. The monoisotopic (exact) mass is 426 g/mol. The summed E-state index contributed by atoms with van der Waals surface area (Å²) in [6.07, 6.45) is 0.327. The minimum absolute atomic E-state index is 0.221. The molecule has 0 aliphatic carbocycles. The van der Waals surface area contributed by atoms with Gasteiger partial charge in [-0.3, -0.25) is 14.4 Å². The third kappa shape index (κ3) is 5.19. The highest BCUT2D eigenvalue weighted by Gasteiger charge is 2.36. The SMILES string of the molecule is COC(=O)C(C(C)=O)C(=O)C(C)Oc1ccc(Oc2cnc3cc(F)ccc3n2)cc1. The van der Waals surface area contributed by atoms with E-state index in [9.17, 15) is 18.8 Å². The van der Waals surface area contributed by atoms with Gasteiger partial charge in [0.1, 0.15) is 17.3 Å². The minimum Gasteiger partial charge on any atom is -0.483 e. The van der Waals surface area contributed by atoms with Crippen molar-refractivity contribution in [2.24, 2.45) is 5.92 Å². The lowest BCUT2D eigenvalue weighted by Gasteiger charge is -2.17. The first kappa shape index (κ1) is 21.8. The first-order chi connectivity index (χ1) is 14.8. The summed E-state index contributed by atoms with van der Waals surface area (Å²) >= 11 is 0. The Morgan fingerprint density at radius 2 is 1.68 bits per heavy atom. The van der Waals surface area contributed by atoms with Crippen molar-refractivity contribution in [3.8, 4) is 17.4 Å². The summed E-state index contributed by atoms with van der Waals surface area (Å²) in [6, 6.07) is 10.4.